The molecule has 0 amide bonds. The van der Waals surface area contributed by atoms with Crippen LogP contribution in [0.3, 0.4) is 0 Å². The number of piperidine rings is 1. The van der Waals surface area contributed by atoms with Gasteiger partial charge in [-0.15, -0.1) is 10.2 Å². The van der Waals surface area contributed by atoms with Crippen molar-refractivity contribution in [2.24, 2.45) is 0 Å². The minimum atomic E-state index is 0.222. The van der Waals surface area contributed by atoms with E-state index in [0.717, 1.165) is 46.1 Å². The molecule has 0 radical (unpaired) electrons. The van der Waals surface area contributed by atoms with E-state index in [9.17, 15) is 5.11 Å². The van der Waals surface area contributed by atoms with Gasteiger partial charge in [0.05, 0.1) is 0 Å². The number of phenolic OH excluding ortho intramolecular Hbond substituents is 1. The summed E-state index contributed by atoms with van der Waals surface area (Å²) in [4.78, 5) is 2.34. The van der Waals surface area contributed by atoms with E-state index in [-0.39, 0.29) is 5.75 Å². The van der Waals surface area contributed by atoms with Gasteiger partial charge in [0.15, 0.2) is 5.82 Å². The van der Waals surface area contributed by atoms with Gasteiger partial charge < -0.3 is 15.3 Å². The molecular formula is C21H23BrN4O. The summed E-state index contributed by atoms with van der Waals surface area (Å²) in [5, 5.41) is 25.0. The average molecular weight is 427 g/mol. The first kappa shape index (κ1) is 18.2. The first-order valence-corrected chi connectivity index (χ1v) is 10.0. The van der Waals surface area contributed by atoms with Crippen molar-refractivity contribution in [3.05, 3.63) is 46.4 Å². The van der Waals surface area contributed by atoms with Crippen molar-refractivity contribution in [3.8, 4) is 17.0 Å². The Kier molecular flexibility index (Phi) is 5.02. The van der Waals surface area contributed by atoms with Crippen LogP contribution in [0.2, 0.25) is 0 Å². The minimum absolute atomic E-state index is 0.222. The van der Waals surface area contributed by atoms with Crippen molar-refractivity contribution < 1.29 is 5.11 Å². The molecule has 27 heavy (non-hydrogen) atoms. The fourth-order valence-corrected chi connectivity index (χ4v) is 4.34. The number of halogens is 1. The van der Waals surface area contributed by atoms with E-state index in [0.29, 0.717) is 17.3 Å². The zero-order valence-electron chi connectivity index (χ0n) is 15.5. The van der Waals surface area contributed by atoms with Gasteiger partial charge in [0, 0.05) is 33.4 Å². The van der Waals surface area contributed by atoms with Gasteiger partial charge >= 0.3 is 0 Å². The van der Waals surface area contributed by atoms with Crippen LogP contribution in [0.5, 0.6) is 5.75 Å². The van der Waals surface area contributed by atoms with E-state index in [4.69, 9.17) is 0 Å². The molecule has 6 heteroatoms. The molecule has 3 aromatic rings. The second-order valence-electron chi connectivity index (χ2n) is 7.33. The number of hydrogen-bond acceptors (Lipinski definition) is 5. The Labute approximate surface area is 167 Å². The van der Waals surface area contributed by atoms with Gasteiger partial charge in [-0.2, -0.15) is 0 Å². The quantitative estimate of drug-likeness (QED) is 0.641. The van der Waals surface area contributed by atoms with Crippen molar-refractivity contribution in [2.75, 3.05) is 25.5 Å². The number of phenols is 1. The second-order valence-corrected chi connectivity index (χ2v) is 8.18. The van der Waals surface area contributed by atoms with E-state index in [2.05, 4.69) is 43.4 Å². The van der Waals surface area contributed by atoms with E-state index < -0.39 is 0 Å². The summed E-state index contributed by atoms with van der Waals surface area (Å²) in [5.41, 5.74) is 2.39. The summed E-state index contributed by atoms with van der Waals surface area (Å²) < 4.78 is 0.967. The summed E-state index contributed by atoms with van der Waals surface area (Å²) in [7, 11) is 2.15. The first-order chi connectivity index (χ1) is 13.0. The van der Waals surface area contributed by atoms with Gasteiger partial charge in [-0.25, -0.2) is 0 Å². The number of nitrogens with zero attached hydrogens (tertiary/aromatic N) is 3. The topological polar surface area (TPSA) is 61.3 Å². The standard InChI is InChI=1S/C21H23BrN4O/c1-13-8-9-15(18(27)11-13)20-16-6-3-7-17(22)19(16)21(25-24-20)23-14-5-4-10-26(2)12-14/h3,6-9,11,14,27H,4-5,10,12H2,1-2H3,(H,23,25). The van der Waals surface area contributed by atoms with Crippen molar-refractivity contribution in [2.45, 2.75) is 25.8 Å². The molecular weight excluding hydrogens is 404 g/mol. The molecule has 1 aromatic heterocycles. The zero-order chi connectivity index (χ0) is 19.0. The molecule has 1 fully saturated rings. The van der Waals surface area contributed by atoms with Crippen LogP contribution >= 0.6 is 15.9 Å². The van der Waals surface area contributed by atoms with Gasteiger partial charge in [-0.05, 0) is 57.1 Å². The Morgan fingerprint density at radius 3 is 2.85 bits per heavy atom. The lowest BCUT2D eigenvalue weighted by molar-refractivity contribution is 0.261. The van der Waals surface area contributed by atoms with Crippen molar-refractivity contribution in [1.82, 2.24) is 15.1 Å². The highest BCUT2D eigenvalue weighted by Crippen LogP contribution is 2.38. The molecule has 5 nitrogen and oxygen atoms in total. The van der Waals surface area contributed by atoms with Gasteiger partial charge in [0.2, 0.25) is 0 Å². The number of aryl methyl sites for hydroxylation is 1. The van der Waals surface area contributed by atoms with Crippen LogP contribution in [-0.4, -0.2) is 46.4 Å². The number of aromatic hydroxyl groups is 1. The summed E-state index contributed by atoms with van der Waals surface area (Å²) in [6.07, 6.45) is 2.30. The Balaban J connectivity index is 1.81. The third-order valence-corrected chi connectivity index (χ3v) is 5.79. The van der Waals surface area contributed by atoms with E-state index in [1.54, 1.807) is 6.07 Å². The van der Waals surface area contributed by atoms with Gasteiger partial charge in [-0.1, -0.05) is 34.1 Å². The number of fused-ring (bicyclic) bond motifs is 1. The average Bonchev–Trinajstić information content (AvgIpc) is 2.63. The molecule has 1 unspecified atom stereocenters. The largest absolute Gasteiger partial charge is 0.507 e. The van der Waals surface area contributed by atoms with Crippen LogP contribution in [0.25, 0.3) is 22.0 Å². The molecule has 140 valence electrons. The van der Waals surface area contributed by atoms with E-state index >= 15 is 0 Å². The Hall–Kier alpha value is -2.18. The number of aromatic nitrogens is 2. The van der Waals surface area contributed by atoms with Crippen LogP contribution in [0.1, 0.15) is 18.4 Å². The summed E-state index contributed by atoms with van der Waals surface area (Å²) in [5.74, 6) is 1.01. The van der Waals surface area contributed by atoms with Gasteiger partial charge in [-0.3, -0.25) is 0 Å². The van der Waals surface area contributed by atoms with E-state index in [1.807, 2.05) is 37.3 Å². The lowest BCUT2D eigenvalue weighted by atomic mass is 10.0. The predicted molar refractivity (Wildman–Crippen MR) is 113 cm³/mol. The summed E-state index contributed by atoms with van der Waals surface area (Å²) >= 11 is 3.68. The molecule has 1 aliphatic rings. The minimum Gasteiger partial charge on any atom is -0.507 e. The van der Waals surface area contributed by atoms with Gasteiger partial charge in [0.1, 0.15) is 11.4 Å². The summed E-state index contributed by atoms with van der Waals surface area (Å²) in [6.45, 7) is 4.09. The third-order valence-electron chi connectivity index (χ3n) is 5.13. The van der Waals surface area contributed by atoms with Crippen LogP contribution in [-0.2, 0) is 0 Å². The molecule has 1 aliphatic heterocycles. The monoisotopic (exact) mass is 426 g/mol. The zero-order valence-corrected chi connectivity index (χ0v) is 17.1. The molecule has 0 bridgehead atoms. The molecule has 1 atom stereocenters. The predicted octanol–water partition coefficient (Wildman–Crippen LogP) is 4.58. The van der Waals surface area contributed by atoms with Crippen LogP contribution < -0.4 is 5.32 Å². The number of nitrogens with one attached hydrogen (secondary N) is 1. The fourth-order valence-electron chi connectivity index (χ4n) is 3.79. The lowest BCUT2D eigenvalue weighted by Gasteiger charge is -2.30. The molecule has 0 spiro atoms. The molecule has 0 aliphatic carbocycles. The van der Waals surface area contributed by atoms with Crippen LogP contribution in [0, 0.1) is 6.92 Å². The highest BCUT2D eigenvalue weighted by molar-refractivity contribution is 9.10. The van der Waals surface area contributed by atoms with Crippen molar-refractivity contribution in [1.29, 1.82) is 0 Å². The first-order valence-electron chi connectivity index (χ1n) is 9.23. The second kappa shape index (κ2) is 7.44. The molecule has 0 saturated carbocycles. The fraction of sp³-hybridized carbons (Fsp3) is 0.333. The highest BCUT2D eigenvalue weighted by Gasteiger charge is 2.21. The number of rotatable bonds is 3. The van der Waals surface area contributed by atoms with Crippen LogP contribution in [0.15, 0.2) is 40.9 Å². The number of likely N-dealkylation sites (N-methyl/N-ethyl adjacent to an activating group) is 1. The normalized spacial score (nSPS) is 18.0. The molecule has 2 heterocycles. The smallest absolute Gasteiger partial charge is 0.158 e. The maximum atomic E-state index is 10.4. The SMILES string of the molecule is Cc1ccc(-c2nnc(NC3CCCN(C)C3)c3c(Br)cccc23)c(O)c1. The van der Waals surface area contributed by atoms with E-state index in [1.165, 1.54) is 6.42 Å². The number of hydrogen-bond donors (Lipinski definition) is 2. The lowest BCUT2D eigenvalue weighted by Crippen LogP contribution is -2.40. The Morgan fingerprint density at radius 2 is 2.07 bits per heavy atom. The Morgan fingerprint density at radius 1 is 1.22 bits per heavy atom. The molecule has 1 saturated heterocycles. The highest BCUT2D eigenvalue weighted by atomic mass is 79.9. The molecule has 2 aromatic carbocycles. The van der Waals surface area contributed by atoms with Crippen LogP contribution in [0.4, 0.5) is 5.82 Å². The van der Waals surface area contributed by atoms with Crippen molar-refractivity contribution in [3.63, 3.8) is 0 Å². The molecule has 2 N–H and O–H groups in total. The number of anilines is 1. The third kappa shape index (κ3) is 3.64. The Bertz CT molecular complexity index is 991. The maximum absolute atomic E-state index is 10.4. The summed E-state index contributed by atoms with van der Waals surface area (Å²) in [6, 6.07) is 12.0. The maximum Gasteiger partial charge on any atom is 0.158 e. The molecule has 4 rings (SSSR count). The number of likely N-dealkylation sites (tertiary alicyclic amines) is 1. The van der Waals surface area contributed by atoms with Gasteiger partial charge in [0.25, 0.3) is 0 Å². The van der Waals surface area contributed by atoms with Crippen molar-refractivity contribution >= 4 is 32.5 Å². The number of benzene rings is 2.